The average Bonchev–Trinajstić information content (AvgIpc) is 2.89. The Hall–Kier alpha value is -3.20. The summed E-state index contributed by atoms with van der Waals surface area (Å²) in [5.41, 5.74) is 1.67. The van der Waals surface area contributed by atoms with Gasteiger partial charge in [-0.15, -0.1) is 0 Å². The maximum atomic E-state index is 12.4. The molecule has 0 saturated carbocycles. The summed E-state index contributed by atoms with van der Waals surface area (Å²) in [6.45, 7) is 6.33. The van der Waals surface area contributed by atoms with E-state index in [4.69, 9.17) is 4.74 Å². The van der Waals surface area contributed by atoms with Gasteiger partial charge in [0.05, 0.1) is 11.0 Å². The molecule has 9 nitrogen and oxygen atoms in total. The van der Waals surface area contributed by atoms with Crippen molar-refractivity contribution in [2.45, 2.75) is 39.9 Å². The first-order valence-corrected chi connectivity index (χ1v) is 8.25. The summed E-state index contributed by atoms with van der Waals surface area (Å²) in [6.07, 6.45) is -1.95. The number of nitro groups is 1. The van der Waals surface area contributed by atoms with Crippen molar-refractivity contribution in [2.24, 2.45) is 0 Å². The van der Waals surface area contributed by atoms with Crippen molar-refractivity contribution in [3.63, 3.8) is 0 Å². The number of nitrogens with zero attached hydrogens (tertiary/aromatic N) is 1. The van der Waals surface area contributed by atoms with Gasteiger partial charge in [0.25, 0.3) is 11.6 Å². The second kappa shape index (κ2) is 8.00. The van der Waals surface area contributed by atoms with Crippen LogP contribution in [0.1, 0.15) is 47.3 Å². The number of nitrogens with one attached hydrogen (secondary N) is 2. The molecule has 1 heterocycles. The maximum Gasteiger partial charge on any atom is 0.355 e. The Morgan fingerprint density at radius 3 is 2.44 bits per heavy atom. The number of nitro benzene ring substituents is 1. The number of hydrogen-bond acceptors (Lipinski definition) is 6. The van der Waals surface area contributed by atoms with E-state index in [9.17, 15) is 24.8 Å². The Balaban J connectivity index is 2.12. The lowest BCUT2D eigenvalue weighted by molar-refractivity contribution is -0.383. The number of carbonyl (C=O) groups excluding carboxylic acids is 2. The molecule has 2 atom stereocenters. The summed E-state index contributed by atoms with van der Waals surface area (Å²) in [5, 5.41) is 23.2. The molecule has 0 spiro atoms. The van der Waals surface area contributed by atoms with Gasteiger partial charge in [-0.25, -0.2) is 4.79 Å². The number of aromatic nitrogens is 1. The summed E-state index contributed by atoms with van der Waals surface area (Å²) in [7, 11) is 0. The van der Waals surface area contributed by atoms with E-state index in [1.807, 2.05) is 0 Å². The number of aromatic amines is 1. The molecular weight excluding hydrogens is 354 g/mol. The topological polar surface area (TPSA) is 135 Å². The fourth-order valence-corrected chi connectivity index (χ4v) is 2.84. The van der Waals surface area contributed by atoms with Crippen LogP contribution in [0.15, 0.2) is 24.3 Å². The SMILES string of the molecule is Cc1[nH]c(C(=O)O[C@H](C)C(=O)Nc2ccccc2[N+](=O)[O-])c(C)c1[C@H](C)O. The minimum Gasteiger partial charge on any atom is -0.448 e. The predicted molar refractivity (Wildman–Crippen MR) is 97.5 cm³/mol. The number of hydrogen-bond donors (Lipinski definition) is 3. The van der Waals surface area contributed by atoms with Gasteiger partial charge in [0.15, 0.2) is 6.10 Å². The molecule has 0 radical (unpaired) electrons. The quantitative estimate of drug-likeness (QED) is 0.404. The lowest BCUT2D eigenvalue weighted by atomic mass is 10.1. The van der Waals surface area contributed by atoms with E-state index in [-0.39, 0.29) is 17.1 Å². The van der Waals surface area contributed by atoms with E-state index >= 15 is 0 Å². The number of ether oxygens (including phenoxy) is 1. The van der Waals surface area contributed by atoms with Crippen molar-refractivity contribution < 1.29 is 24.4 Å². The Morgan fingerprint density at radius 2 is 1.89 bits per heavy atom. The van der Waals surface area contributed by atoms with E-state index in [2.05, 4.69) is 10.3 Å². The molecule has 2 rings (SSSR count). The van der Waals surface area contributed by atoms with Crippen LogP contribution in [-0.4, -0.2) is 33.0 Å². The summed E-state index contributed by atoms with van der Waals surface area (Å²) in [4.78, 5) is 37.9. The molecule has 1 amide bonds. The molecule has 1 aromatic carbocycles. The molecule has 0 unspecified atom stereocenters. The Bertz CT molecular complexity index is 887. The van der Waals surface area contributed by atoms with Crippen LogP contribution in [-0.2, 0) is 9.53 Å². The highest BCUT2D eigenvalue weighted by atomic mass is 16.6. The van der Waals surface area contributed by atoms with Gasteiger partial charge in [-0.05, 0) is 39.3 Å². The van der Waals surface area contributed by atoms with E-state index in [0.717, 1.165) is 0 Å². The molecule has 0 aliphatic rings. The highest BCUT2D eigenvalue weighted by Gasteiger charge is 2.25. The smallest absolute Gasteiger partial charge is 0.355 e. The minimum absolute atomic E-state index is 0.0127. The molecular formula is C18H21N3O6. The maximum absolute atomic E-state index is 12.4. The fraction of sp³-hybridized carbons (Fsp3) is 0.333. The number of para-hydroxylation sites is 2. The largest absolute Gasteiger partial charge is 0.448 e. The van der Waals surface area contributed by atoms with Crippen LogP contribution in [0.2, 0.25) is 0 Å². The summed E-state index contributed by atoms with van der Waals surface area (Å²) >= 11 is 0. The van der Waals surface area contributed by atoms with Crippen LogP contribution < -0.4 is 5.32 Å². The van der Waals surface area contributed by atoms with Crippen LogP contribution in [0.25, 0.3) is 0 Å². The third-order valence-corrected chi connectivity index (χ3v) is 4.13. The van der Waals surface area contributed by atoms with E-state index in [1.54, 1.807) is 26.8 Å². The fourth-order valence-electron chi connectivity index (χ4n) is 2.84. The van der Waals surface area contributed by atoms with Gasteiger partial charge in [0.2, 0.25) is 0 Å². The Kier molecular flexibility index (Phi) is 5.96. The number of aliphatic hydroxyl groups is 1. The highest BCUT2D eigenvalue weighted by Crippen LogP contribution is 2.26. The van der Waals surface area contributed by atoms with Gasteiger partial charge in [-0.1, -0.05) is 12.1 Å². The zero-order valence-electron chi connectivity index (χ0n) is 15.4. The van der Waals surface area contributed by atoms with Crippen LogP contribution in [0, 0.1) is 24.0 Å². The van der Waals surface area contributed by atoms with Crippen molar-refractivity contribution in [3.8, 4) is 0 Å². The number of anilines is 1. The minimum atomic E-state index is -1.18. The van der Waals surface area contributed by atoms with Gasteiger partial charge in [-0.3, -0.25) is 14.9 Å². The zero-order chi connectivity index (χ0) is 20.3. The van der Waals surface area contributed by atoms with E-state index in [1.165, 1.54) is 25.1 Å². The highest BCUT2D eigenvalue weighted by molar-refractivity contribution is 5.98. The second-order valence-corrected chi connectivity index (χ2v) is 6.15. The Labute approximate surface area is 155 Å². The number of benzene rings is 1. The zero-order valence-corrected chi connectivity index (χ0v) is 15.4. The number of H-pyrrole nitrogens is 1. The number of aryl methyl sites for hydroxylation is 1. The third kappa shape index (κ3) is 4.32. The molecule has 27 heavy (non-hydrogen) atoms. The van der Waals surface area contributed by atoms with Crippen molar-refractivity contribution >= 4 is 23.3 Å². The number of carbonyl (C=O) groups is 2. The van der Waals surface area contributed by atoms with E-state index < -0.39 is 29.0 Å². The lowest BCUT2D eigenvalue weighted by Crippen LogP contribution is -2.30. The van der Waals surface area contributed by atoms with Gasteiger partial charge >= 0.3 is 5.97 Å². The molecule has 0 aliphatic carbocycles. The van der Waals surface area contributed by atoms with Crippen LogP contribution in [0.4, 0.5) is 11.4 Å². The average molecular weight is 375 g/mol. The van der Waals surface area contributed by atoms with E-state index in [0.29, 0.717) is 16.8 Å². The van der Waals surface area contributed by atoms with Crippen molar-refractivity contribution in [1.29, 1.82) is 0 Å². The molecule has 0 fully saturated rings. The lowest BCUT2D eigenvalue weighted by Gasteiger charge is -2.13. The first-order chi connectivity index (χ1) is 12.6. The summed E-state index contributed by atoms with van der Waals surface area (Å²) in [5.74, 6) is -1.46. The van der Waals surface area contributed by atoms with Crippen LogP contribution in [0.3, 0.4) is 0 Å². The molecule has 144 valence electrons. The van der Waals surface area contributed by atoms with Gasteiger partial charge in [0.1, 0.15) is 11.4 Å². The first-order valence-electron chi connectivity index (χ1n) is 8.25. The second-order valence-electron chi connectivity index (χ2n) is 6.15. The number of rotatable bonds is 6. The van der Waals surface area contributed by atoms with Gasteiger partial charge < -0.3 is 20.1 Å². The van der Waals surface area contributed by atoms with Crippen molar-refractivity contribution in [1.82, 2.24) is 4.98 Å². The molecule has 1 aromatic heterocycles. The van der Waals surface area contributed by atoms with Crippen molar-refractivity contribution in [2.75, 3.05) is 5.32 Å². The standard InChI is InChI=1S/C18H21N3O6/c1-9-15(11(3)22)10(2)19-16(9)18(24)27-12(4)17(23)20-13-7-5-6-8-14(13)21(25)26/h5-8,11-12,19,22H,1-4H3,(H,20,23)/t11-,12+/m0/s1. The molecule has 0 saturated heterocycles. The number of amides is 1. The number of esters is 1. The monoisotopic (exact) mass is 375 g/mol. The molecule has 9 heteroatoms. The normalized spacial score (nSPS) is 12.9. The molecule has 3 N–H and O–H groups in total. The molecule has 0 aliphatic heterocycles. The Morgan fingerprint density at radius 1 is 1.26 bits per heavy atom. The third-order valence-electron chi connectivity index (χ3n) is 4.13. The predicted octanol–water partition coefficient (Wildman–Crippen LogP) is 2.78. The van der Waals surface area contributed by atoms with Gasteiger partial charge in [0, 0.05) is 17.3 Å². The molecule has 0 bridgehead atoms. The summed E-state index contributed by atoms with van der Waals surface area (Å²) < 4.78 is 5.17. The number of aliphatic hydroxyl groups excluding tert-OH is 1. The van der Waals surface area contributed by atoms with Crippen LogP contribution >= 0.6 is 0 Å². The van der Waals surface area contributed by atoms with Gasteiger partial charge in [-0.2, -0.15) is 0 Å². The summed E-state index contributed by atoms with van der Waals surface area (Å²) in [6, 6.07) is 5.67. The first kappa shape index (κ1) is 20.1. The molecule has 2 aromatic rings. The van der Waals surface area contributed by atoms with Crippen molar-refractivity contribution in [3.05, 3.63) is 56.9 Å². The van der Waals surface area contributed by atoms with Crippen LogP contribution in [0.5, 0.6) is 0 Å².